The fourth-order valence-corrected chi connectivity index (χ4v) is 1.89. The molecule has 1 aromatic heterocycles. The second-order valence-corrected chi connectivity index (χ2v) is 4.69. The summed E-state index contributed by atoms with van der Waals surface area (Å²) in [5.41, 5.74) is -0.248. The Morgan fingerprint density at radius 2 is 2.18 bits per heavy atom. The van der Waals surface area contributed by atoms with Gasteiger partial charge in [0.2, 0.25) is 0 Å². The van der Waals surface area contributed by atoms with Gasteiger partial charge >= 0.3 is 5.97 Å². The van der Waals surface area contributed by atoms with Crippen molar-refractivity contribution in [2.45, 2.75) is 19.8 Å². The lowest BCUT2D eigenvalue weighted by Gasteiger charge is -2.09. The third-order valence-corrected chi connectivity index (χ3v) is 3.63. The van der Waals surface area contributed by atoms with Gasteiger partial charge in [0.25, 0.3) is 6.43 Å². The van der Waals surface area contributed by atoms with Crippen LogP contribution in [0.1, 0.15) is 24.6 Å². The van der Waals surface area contributed by atoms with E-state index < -0.39 is 18.1 Å². The van der Waals surface area contributed by atoms with Gasteiger partial charge < -0.3 is 4.74 Å². The molecule has 0 amide bonds. The second kappa shape index (κ2) is 6.39. The number of hydrogen-bond donors (Lipinski definition) is 0. The molecule has 7 heteroatoms. The van der Waals surface area contributed by atoms with Gasteiger partial charge in [0.15, 0.2) is 0 Å². The molecule has 1 heterocycles. The van der Waals surface area contributed by atoms with Gasteiger partial charge in [0.1, 0.15) is 10.3 Å². The fourth-order valence-electron chi connectivity index (χ4n) is 1.22. The monoisotopic (exact) mass is 371 g/mol. The Balaban J connectivity index is 3.04. The molecule has 1 rings (SSSR count). The van der Waals surface area contributed by atoms with E-state index in [2.05, 4.69) is 36.8 Å². The smallest absolute Gasteiger partial charge is 0.310 e. The zero-order chi connectivity index (χ0) is 13.0. The molecule has 0 fully saturated rings. The highest BCUT2D eigenvalue weighted by Gasteiger charge is 2.19. The second-order valence-electron chi connectivity index (χ2n) is 3.09. The van der Waals surface area contributed by atoms with E-state index in [0.717, 1.165) is 0 Å². The van der Waals surface area contributed by atoms with Crippen LogP contribution in [-0.4, -0.2) is 17.6 Å². The first-order valence-electron chi connectivity index (χ1n) is 4.74. The molecule has 1 aromatic rings. The van der Waals surface area contributed by atoms with Crippen LogP contribution in [0.15, 0.2) is 15.1 Å². The molecule has 0 bridgehead atoms. The van der Waals surface area contributed by atoms with E-state index in [1.165, 1.54) is 6.07 Å². The Morgan fingerprint density at radius 3 is 2.71 bits per heavy atom. The summed E-state index contributed by atoms with van der Waals surface area (Å²) in [6, 6.07) is 1.44. The summed E-state index contributed by atoms with van der Waals surface area (Å²) in [5.74, 6) is -0.551. The van der Waals surface area contributed by atoms with E-state index in [1.807, 2.05) is 0 Å². The van der Waals surface area contributed by atoms with E-state index in [4.69, 9.17) is 4.74 Å². The Hall–Kier alpha value is -0.560. The first-order valence-corrected chi connectivity index (χ1v) is 6.32. The van der Waals surface area contributed by atoms with E-state index in [1.54, 1.807) is 6.92 Å². The van der Waals surface area contributed by atoms with Crippen LogP contribution in [0.5, 0.6) is 0 Å². The number of alkyl halides is 2. The predicted octanol–water partition coefficient (Wildman–Crippen LogP) is 3.65. The molecule has 0 aliphatic heterocycles. The number of halogens is 4. The van der Waals surface area contributed by atoms with Crippen molar-refractivity contribution in [2.24, 2.45) is 0 Å². The zero-order valence-electron chi connectivity index (χ0n) is 8.84. The molecule has 0 saturated carbocycles. The number of rotatable bonds is 4. The van der Waals surface area contributed by atoms with Gasteiger partial charge in [-0.3, -0.25) is 4.79 Å². The minimum atomic E-state index is -2.73. The maximum Gasteiger partial charge on any atom is 0.310 e. The summed E-state index contributed by atoms with van der Waals surface area (Å²) in [4.78, 5) is 15.0. The Morgan fingerprint density at radius 1 is 1.53 bits per heavy atom. The average Bonchev–Trinajstić information content (AvgIpc) is 2.23. The molecule has 0 N–H and O–H groups in total. The van der Waals surface area contributed by atoms with Gasteiger partial charge in [0, 0.05) is 0 Å². The number of pyridine rings is 1. The molecule has 0 aromatic carbocycles. The van der Waals surface area contributed by atoms with Crippen molar-refractivity contribution in [1.29, 1.82) is 0 Å². The highest BCUT2D eigenvalue weighted by atomic mass is 79.9. The van der Waals surface area contributed by atoms with Crippen LogP contribution >= 0.6 is 31.9 Å². The Labute approximate surface area is 114 Å². The fraction of sp³-hybridized carbons (Fsp3) is 0.400. The van der Waals surface area contributed by atoms with E-state index in [0.29, 0.717) is 4.47 Å². The quantitative estimate of drug-likeness (QED) is 0.598. The van der Waals surface area contributed by atoms with Crippen LogP contribution < -0.4 is 0 Å². The SMILES string of the molecule is CCOC(=O)Cc1cc(Br)c(Br)nc1C(F)F. The highest BCUT2D eigenvalue weighted by Crippen LogP contribution is 2.29. The van der Waals surface area contributed by atoms with Crippen LogP contribution in [0.25, 0.3) is 0 Å². The number of esters is 1. The molecule has 17 heavy (non-hydrogen) atoms. The lowest BCUT2D eigenvalue weighted by atomic mass is 10.1. The standard InChI is InChI=1S/C10H9Br2F2NO2/c1-2-17-7(16)4-5-3-6(11)9(12)15-8(5)10(13)14/h3,10H,2,4H2,1H3. The Kier molecular flexibility index (Phi) is 5.45. The van der Waals surface area contributed by atoms with Crippen LogP contribution in [0.3, 0.4) is 0 Å². The van der Waals surface area contributed by atoms with Gasteiger partial charge in [-0.15, -0.1) is 0 Å². The van der Waals surface area contributed by atoms with Gasteiger partial charge in [-0.05, 0) is 50.4 Å². The predicted molar refractivity (Wildman–Crippen MR) is 64.9 cm³/mol. The van der Waals surface area contributed by atoms with Crippen molar-refractivity contribution in [3.63, 3.8) is 0 Å². The summed E-state index contributed by atoms with van der Waals surface area (Å²) in [7, 11) is 0. The first kappa shape index (κ1) is 14.5. The van der Waals surface area contributed by atoms with Gasteiger partial charge in [-0.25, -0.2) is 13.8 Å². The molecule has 3 nitrogen and oxygen atoms in total. The molecule has 0 atom stereocenters. The van der Waals surface area contributed by atoms with Crippen molar-refractivity contribution >= 4 is 37.8 Å². The number of ether oxygens (including phenoxy) is 1. The van der Waals surface area contributed by atoms with E-state index >= 15 is 0 Å². The number of hydrogen-bond acceptors (Lipinski definition) is 3. The maximum absolute atomic E-state index is 12.7. The van der Waals surface area contributed by atoms with E-state index in [-0.39, 0.29) is 23.2 Å². The summed E-state index contributed by atoms with van der Waals surface area (Å²) in [5, 5.41) is 0. The third kappa shape index (κ3) is 3.99. The molecule has 0 aliphatic carbocycles. The molecule has 0 aliphatic rings. The van der Waals surface area contributed by atoms with Crippen molar-refractivity contribution < 1.29 is 18.3 Å². The number of carbonyl (C=O) groups excluding carboxylic acids is 1. The molecule has 94 valence electrons. The maximum atomic E-state index is 12.7. The average molecular weight is 373 g/mol. The van der Waals surface area contributed by atoms with Crippen LogP contribution in [0, 0.1) is 0 Å². The summed E-state index contributed by atoms with van der Waals surface area (Å²) in [6.45, 7) is 1.87. The van der Waals surface area contributed by atoms with Crippen molar-refractivity contribution in [3.05, 3.63) is 26.4 Å². The largest absolute Gasteiger partial charge is 0.466 e. The minimum Gasteiger partial charge on any atom is -0.466 e. The number of nitrogens with zero attached hydrogens (tertiary/aromatic N) is 1. The topological polar surface area (TPSA) is 39.2 Å². The zero-order valence-corrected chi connectivity index (χ0v) is 12.0. The number of aromatic nitrogens is 1. The minimum absolute atomic E-state index is 0.161. The molecular weight excluding hydrogens is 364 g/mol. The van der Waals surface area contributed by atoms with Gasteiger partial charge in [-0.1, -0.05) is 0 Å². The third-order valence-electron chi connectivity index (χ3n) is 1.89. The summed E-state index contributed by atoms with van der Waals surface area (Å²) < 4.78 is 31.0. The highest BCUT2D eigenvalue weighted by molar-refractivity contribution is 9.13. The lowest BCUT2D eigenvalue weighted by molar-refractivity contribution is -0.142. The molecular formula is C10H9Br2F2NO2. The van der Waals surface area contributed by atoms with Crippen molar-refractivity contribution in [3.8, 4) is 0 Å². The summed E-state index contributed by atoms with van der Waals surface area (Å²) in [6.07, 6.45) is -2.95. The lowest BCUT2D eigenvalue weighted by Crippen LogP contribution is -2.10. The first-order chi connectivity index (χ1) is 7.95. The van der Waals surface area contributed by atoms with Crippen LogP contribution in [0.2, 0.25) is 0 Å². The van der Waals surface area contributed by atoms with Crippen molar-refractivity contribution in [2.75, 3.05) is 6.61 Å². The van der Waals surface area contributed by atoms with Gasteiger partial charge in [0.05, 0.1) is 17.5 Å². The Bertz CT molecular complexity index is 427. The van der Waals surface area contributed by atoms with Gasteiger partial charge in [-0.2, -0.15) is 0 Å². The molecule has 0 saturated heterocycles. The van der Waals surface area contributed by atoms with Crippen LogP contribution in [0.4, 0.5) is 8.78 Å². The normalized spacial score (nSPS) is 10.7. The van der Waals surface area contributed by atoms with E-state index in [9.17, 15) is 13.6 Å². The molecule has 0 radical (unpaired) electrons. The molecule has 0 unspecified atom stereocenters. The van der Waals surface area contributed by atoms with Crippen LogP contribution in [-0.2, 0) is 16.0 Å². The molecule has 0 spiro atoms. The summed E-state index contributed by atoms with van der Waals surface area (Å²) >= 11 is 6.19. The number of carbonyl (C=O) groups is 1. The van der Waals surface area contributed by atoms with Crippen molar-refractivity contribution in [1.82, 2.24) is 4.98 Å².